The van der Waals surface area contributed by atoms with Crippen molar-refractivity contribution >= 4 is 11.0 Å². The molecular formula is C17H16FN3. The summed E-state index contributed by atoms with van der Waals surface area (Å²) in [6, 6.07) is 10.9. The van der Waals surface area contributed by atoms with Gasteiger partial charge in [-0.1, -0.05) is 12.1 Å². The summed E-state index contributed by atoms with van der Waals surface area (Å²) in [5.74, 6) is -0.217. The lowest BCUT2D eigenvalue weighted by atomic mass is 9.97. The molecule has 21 heavy (non-hydrogen) atoms. The Kier molecular flexibility index (Phi) is 3.62. The molecule has 0 saturated heterocycles. The average Bonchev–Trinajstić information content (AvgIpc) is 2.47. The molecule has 4 heteroatoms. The van der Waals surface area contributed by atoms with Crippen molar-refractivity contribution in [3.05, 3.63) is 71.3 Å². The number of benzene rings is 2. The molecule has 3 aromatic rings. The highest BCUT2D eigenvalue weighted by molar-refractivity contribution is 5.74. The van der Waals surface area contributed by atoms with Crippen LogP contribution in [-0.2, 0) is 0 Å². The summed E-state index contributed by atoms with van der Waals surface area (Å²) in [6.45, 7) is 1.89. The van der Waals surface area contributed by atoms with Crippen LogP contribution in [0.3, 0.4) is 0 Å². The first kappa shape index (κ1) is 13.6. The molecule has 1 N–H and O–H groups in total. The highest BCUT2D eigenvalue weighted by atomic mass is 19.1. The minimum Gasteiger partial charge on any atom is -0.309 e. The Morgan fingerprint density at radius 2 is 1.71 bits per heavy atom. The number of hydrogen-bond donors (Lipinski definition) is 1. The van der Waals surface area contributed by atoms with E-state index < -0.39 is 0 Å². The van der Waals surface area contributed by atoms with Gasteiger partial charge in [0.05, 0.1) is 17.1 Å². The number of aryl methyl sites for hydroxylation is 1. The summed E-state index contributed by atoms with van der Waals surface area (Å²) in [7, 11) is 1.87. The van der Waals surface area contributed by atoms with Crippen LogP contribution >= 0.6 is 0 Å². The summed E-state index contributed by atoms with van der Waals surface area (Å²) < 4.78 is 13.6. The number of fused-ring (bicyclic) bond motifs is 1. The molecular weight excluding hydrogens is 265 g/mol. The third-order valence-corrected chi connectivity index (χ3v) is 3.51. The SMILES string of the molecule is CNC(c1cc(C)cc(F)c1)c1ccc2nccnc2c1. The largest absolute Gasteiger partial charge is 0.309 e. The number of hydrogen-bond acceptors (Lipinski definition) is 3. The predicted molar refractivity (Wildman–Crippen MR) is 81.6 cm³/mol. The number of halogens is 1. The fraction of sp³-hybridized carbons (Fsp3) is 0.176. The van der Waals surface area contributed by atoms with Crippen LogP contribution in [0.5, 0.6) is 0 Å². The molecule has 2 aromatic carbocycles. The molecule has 0 spiro atoms. The Morgan fingerprint density at radius 1 is 0.952 bits per heavy atom. The van der Waals surface area contributed by atoms with E-state index in [0.717, 1.165) is 27.7 Å². The summed E-state index contributed by atoms with van der Waals surface area (Å²) >= 11 is 0. The van der Waals surface area contributed by atoms with Crippen LogP contribution in [0.2, 0.25) is 0 Å². The van der Waals surface area contributed by atoms with Gasteiger partial charge < -0.3 is 5.32 Å². The van der Waals surface area contributed by atoms with Crippen molar-refractivity contribution in [2.24, 2.45) is 0 Å². The first-order valence-electron chi connectivity index (χ1n) is 6.82. The van der Waals surface area contributed by atoms with Crippen molar-refractivity contribution in [3.8, 4) is 0 Å². The minimum absolute atomic E-state index is 0.0780. The molecule has 0 fully saturated rings. The van der Waals surface area contributed by atoms with Gasteiger partial charge in [0.1, 0.15) is 5.82 Å². The van der Waals surface area contributed by atoms with Gasteiger partial charge in [-0.25, -0.2) is 4.39 Å². The fourth-order valence-corrected chi connectivity index (χ4v) is 2.62. The molecule has 0 aliphatic carbocycles. The Morgan fingerprint density at radius 3 is 2.43 bits per heavy atom. The normalized spacial score (nSPS) is 12.5. The molecule has 3 nitrogen and oxygen atoms in total. The Balaban J connectivity index is 2.08. The van der Waals surface area contributed by atoms with Gasteiger partial charge in [0, 0.05) is 12.4 Å². The van der Waals surface area contributed by atoms with Crippen LogP contribution in [0.4, 0.5) is 4.39 Å². The first-order valence-corrected chi connectivity index (χ1v) is 6.82. The molecule has 0 amide bonds. The van der Waals surface area contributed by atoms with E-state index in [1.54, 1.807) is 18.5 Å². The summed E-state index contributed by atoms with van der Waals surface area (Å²) in [6.07, 6.45) is 3.35. The van der Waals surface area contributed by atoms with Crippen molar-refractivity contribution in [3.63, 3.8) is 0 Å². The molecule has 1 heterocycles. The van der Waals surface area contributed by atoms with E-state index in [0.29, 0.717) is 0 Å². The molecule has 1 aromatic heterocycles. The van der Waals surface area contributed by atoms with Gasteiger partial charge in [-0.05, 0) is 54.9 Å². The molecule has 0 aliphatic rings. The highest BCUT2D eigenvalue weighted by Gasteiger charge is 2.14. The van der Waals surface area contributed by atoms with Crippen LogP contribution in [0, 0.1) is 12.7 Å². The quantitative estimate of drug-likeness (QED) is 0.799. The summed E-state index contributed by atoms with van der Waals surface area (Å²) in [4.78, 5) is 8.59. The van der Waals surface area contributed by atoms with Crippen LogP contribution in [0.25, 0.3) is 11.0 Å². The molecule has 106 valence electrons. The van der Waals surface area contributed by atoms with Crippen LogP contribution in [-0.4, -0.2) is 17.0 Å². The van der Waals surface area contributed by atoms with Crippen molar-refractivity contribution < 1.29 is 4.39 Å². The van der Waals surface area contributed by atoms with E-state index in [1.807, 2.05) is 38.2 Å². The maximum atomic E-state index is 13.6. The molecule has 3 rings (SSSR count). The molecule has 1 atom stereocenters. The maximum Gasteiger partial charge on any atom is 0.123 e. The lowest BCUT2D eigenvalue weighted by Gasteiger charge is -2.18. The molecule has 0 saturated carbocycles. The number of aromatic nitrogens is 2. The van der Waals surface area contributed by atoms with Gasteiger partial charge >= 0.3 is 0 Å². The van der Waals surface area contributed by atoms with E-state index in [1.165, 1.54) is 6.07 Å². The van der Waals surface area contributed by atoms with E-state index >= 15 is 0 Å². The van der Waals surface area contributed by atoms with Crippen LogP contribution in [0.15, 0.2) is 48.8 Å². The standard InChI is InChI=1S/C17H16FN3/c1-11-7-13(9-14(18)8-11)17(19-2)12-3-4-15-16(10-12)21-6-5-20-15/h3-10,17,19H,1-2H3. The zero-order valence-electron chi connectivity index (χ0n) is 12.0. The van der Waals surface area contributed by atoms with Gasteiger partial charge in [-0.15, -0.1) is 0 Å². The summed E-state index contributed by atoms with van der Waals surface area (Å²) in [5.41, 5.74) is 4.54. The predicted octanol–water partition coefficient (Wildman–Crippen LogP) is 3.39. The van der Waals surface area contributed by atoms with E-state index in [9.17, 15) is 4.39 Å². The third kappa shape index (κ3) is 2.76. The van der Waals surface area contributed by atoms with Gasteiger partial charge in [-0.2, -0.15) is 0 Å². The molecule has 1 unspecified atom stereocenters. The van der Waals surface area contributed by atoms with Crippen molar-refractivity contribution in [2.75, 3.05) is 7.05 Å². The smallest absolute Gasteiger partial charge is 0.123 e. The van der Waals surface area contributed by atoms with Gasteiger partial charge in [0.15, 0.2) is 0 Å². The topological polar surface area (TPSA) is 37.8 Å². The molecule has 0 aliphatic heterocycles. The van der Waals surface area contributed by atoms with Crippen LogP contribution < -0.4 is 5.32 Å². The van der Waals surface area contributed by atoms with E-state index in [-0.39, 0.29) is 11.9 Å². The Labute approximate surface area is 122 Å². The van der Waals surface area contributed by atoms with Crippen LogP contribution in [0.1, 0.15) is 22.7 Å². The van der Waals surface area contributed by atoms with Crippen molar-refractivity contribution in [2.45, 2.75) is 13.0 Å². The minimum atomic E-state index is -0.217. The second-order valence-corrected chi connectivity index (χ2v) is 5.09. The number of nitrogens with zero attached hydrogens (tertiary/aromatic N) is 2. The zero-order chi connectivity index (χ0) is 14.8. The number of nitrogens with one attached hydrogen (secondary N) is 1. The Hall–Kier alpha value is -2.33. The average molecular weight is 281 g/mol. The van der Waals surface area contributed by atoms with Gasteiger partial charge in [0.2, 0.25) is 0 Å². The fourth-order valence-electron chi connectivity index (χ4n) is 2.62. The highest BCUT2D eigenvalue weighted by Crippen LogP contribution is 2.25. The summed E-state index contributed by atoms with van der Waals surface area (Å²) in [5, 5.41) is 3.24. The zero-order valence-corrected chi connectivity index (χ0v) is 12.0. The van der Waals surface area contributed by atoms with Crippen molar-refractivity contribution in [1.82, 2.24) is 15.3 Å². The second-order valence-electron chi connectivity index (χ2n) is 5.09. The monoisotopic (exact) mass is 281 g/mol. The lowest BCUT2D eigenvalue weighted by molar-refractivity contribution is 0.615. The molecule has 0 bridgehead atoms. The first-order chi connectivity index (χ1) is 10.2. The third-order valence-electron chi connectivity index (χ3n) is 3.51. The Bertz CT molecular complexity index is 766. The molecule has 0 radical (unpaired) electrons. The lowest BCUT2D eigenvalue weighted by Crippen LogP contribution is -2.18. The maximum absolute atomic E-state index is 13.6. The van der Waals surface area contributed by atoms with Gasteiger partial charge in [0.25, 0.3) is 0 Å². The number of rotatable bonds is 3. The van der Waals surface area contributed by atoms with E-state index in [2.05, 4.69) is 15.3 Å². The van der Waals surface area contributed by atoms with Gasteiger partial charge in [-0.3, -0.25) is 9.97 Å². The van der Waals surface area contributed by atoms with Crippen molar-refractivity contribution in [1.29, 1.82) is 0 Å². The second kappa shape index (κ2) is 5.58. The van der Waals surface area contributed by atoms with E-state index in [4.69, 9.17) is 0 Å².